The Hall–Kier alpha value is -3.46. The number of imidazole rings is 1. The van der Waals surface area contributed by atoms with Crippen LogP contribution in [0.2, 0.25) is 0 Å². The van der Waals surface area contributed by atoms with Crippen molar-refractivity contribution >= 4 is 12.1 Å². The molecule has 4 bridgehead atoms. The summed E-state index contributed by atoms with van der Waals surface area (Å²) in [6.45, 7) is 5.59. The topological polar surface area (TPSA) is 117 Å². The number of hydrogen-bond acceptors (Lipinski definition) is 8. The first kappa shape index (κ1) is 30.2. The molecule has 2 heterocycles. The number of carbonyl (C=O) groups is 2. The van der Waals surface area contributed by atoms with Crippen LogP contribution in [0.5, 0.6) is 0 Å². The van der Waals surface area contributed by atoms with Crippen molar-refractivity contribution in [3.63, 3.8) is 0 Å². The molecule has 1 unspecified atom stereocenters. The largest absolute Gasteiger partial charge is 0.465 e. The second-order valence-corrected chi connectivity index (χ2v) is 15.1. The second-order valence-electron chi connectivity index (χ2n) is 15.1. The lowest BCUT2D eigenvalue weighted by molar-refractivity contribution is -0.124. The normalized spacial score (nSPS) is 27.0. The lowest BCUT2D eigenvalue weighted by Crippen LogP contribution is -2.49. The van der Waals surface area contributed by atoms with Crippen LogP contribution in [0.1, 0.15) is 125 Å². The number of aromatic nitrogens is 3. The Kier molecular flexibility index (Phi) is 7.66. The third-order valence-electron chi connectivity index (χ3n) is 10.7. The zero-order valence-electron chi connectivity index (χ0n) is 26.9. The highest BCUT2D eigenvalue weighted by molar-refractivity contribution is 5.90. The lowest BCUT2D eigenvalue weighted by atomic mass is 9.48. The molecule has 240 valence electrons. The minimum absolute atomic E-state index is 0.0634. The van der Waals surface area contributed by atoms with E-state index in [4.69, 9.17) is 23.9 Å². The molecule has 45 heavy (non-hydrogen) atoms. The van der Waals surface area contributed by atoms with Gasteiger partial charge in [-0.25, -0.2) is 24.1 Å². The number of methoxy groups -OCH3 is 1. The molecule has 8 rings (SSSR count). The number of aliphatic hydroxyl groups is 1. The molecule has 5 fully saturated rings. The van der Waals surface area contributed by atoms with E-state index in [-0.39, 0.29) is 17.2 Å². The maximum absolute atomic E-state index is 14.2. The highest BCUT2D eigenvalue weighted by Crippen LogP contribution is 2.64. The molecule has 1 N–H and O–H groups in total. The predicted molar refractivity (Wildman–Crippen MR) is 168 cm³/mol. The average Bonchev–Trinajstić information content (AvgIpc) is 3.65. The van der Waals surface area contributed by atoms with E-state index < -0.39 is 23.8 Å². The Labute approximate surface area is 264 Å². The van der Waals surface area contributed by atoms with Gasteiger partial charge in [0, 0.05) is 16.9 Å². The van der Waals surface area contributed by atoms with Crippen molar-refractivity contribution < 1.29 is 28.6 Å². The van der Waals surface area contributed by atoms with Gasteiger partial charge in [-0.1, -0.05) is 31.4 Å². The van der Waals surface area contributed by atoms with E-state index >= 15 is 0 Å². The molecule has 5 saturated carbocycles. The molecule has 5 aliphatic rings. The van der Waals surface area contributed by atoms with Gasteiger partial charge >= 0.3 is 12.1 Å². The van der Waals surface area contributed by atoms with Gasteiger partial charge in [0.15, 0.2) is 5.69 Å². The summed E-state index contributed by atoms with van der Waals surface area (Å²) in [5.41, 5.74) is 1.42. The van der Waals surface area contributed by atoms with Crippen molar-refractivity contribution in [2.75, 3.05) is 7.11 Å². The van der Waals surface area contributed by atoms with E-state index in [9.17, 15) is 14.7 Å². The van der Waals surface area contributed by atoms with Crippen LogP contribution in [0.3, 0.4) is 0 Å². The SMILES string of the molecule is COC(=O)c1cccc(-c2coc(-c3nc(C4CCCCC4)n(C(=O)OC(C)(C)C)c3C(O)C34CC5CC(CC(C5)C3)C4)n2)c1. The summed E-state index contributed by atoms with van der Waals surface area (Å²) in [5.74, 6) is 2.33. The maximum Gasteiger partial charge on any atom is 0.420 e. The van der Waals surface area contributed by atoms with E-state index in [0.29, 0.717) is 51.8 Å². The summed E-state index contributed by atoms with van der Waals surface area (Å²) in [4.78, 5) is 36.4. The van der Waals surface area contributed by atoms with Crippen molar-refractivity contribution in [2.45, 2.75) is 109 Å². The molecule has 1 aromatic carbocycles. The van der Waals surface area contributed by atoms with Crippen LogP contribution in [-0.4, -0.2) is 44.4 Å². The number of benzene rings is 1. The maximum atomic E-state index is 14.2. The highest BCUT2D eigenvalue weighted by Gasteiger charge is 2.56. The number of esters is 1. The van der Waals surface area contributed by atoms with Crippen LogP contribution in [0.15, 0.2) is 34.9 Å². The van der Waals surface area contributed by atoms with Crippen LogP contribution < -0.4 is 0 Å². The molecule has 0 radical (unpaired) electrons. The summed E-state index contributed by atoms with van der Waals surface area (Å²) >= 11 is 0. The van der Waals surface area contributed by atoms with Crippen molar-refractivity contribution in [1.29, 1.82) is 0 Å². The van der Waals surface area contributed by atoms with Gasteiger partial charge in [-0.2, -0.15) is 0 Å². The first-order valence-electron chi connectivity index (χ1n) is 16.7. The van der Waals surface area contributed by atoms with Gasteiger partial charge in [-0.15, -0.1) is 0 Å². The van der Waals surface area contributed by atoms with Crippen molar-refractivity contribution in [2.24, 2.45) is 23.2 Å². The monoisotopic (exact) mass is 615 g/mol. The molecule has 5 aliphatic carbocycles. The first-order chi connectivity index (χ1) is 21.5. The van der Waals surface area contributed by atoms with Crippen LogP contribution in [0.4, 0.5) is 4.79 Å². The van der Waals surface area contributed by atoms with Gasteiger partial charge in [0.2, 0.25) is 5.89 Å². The van der Waals surface area contributed by atoms with Crippen molar-refractivity contribution in [1.82, 2.24) is 14.5 Å². The number of carbonyl (C=O) groups excluding carboxylic acids is 2. The Morgan fingerprint density at radius 3 is 2.31 bits per heavy atom. The van der Waals surface area contributed by atoms with Crippen LogP contribution in [0, 0.1) is 23.2 Å². The fraction of sp³-hybridized carbons (Fsp3) is 0.611. The van der Waals surface area contributed by atoms with Crippen LogP contribution in [-0.2, 0) is 9.47 Å². The van der Waals surface area contributed by atoms with Crippen LogP contribution >= 0.6 is 0 Å². The summed E-state index contributed by atoms with van der Waals surface area (Å²) in [7, 11) is 1.35. The van der Waals surface area contributed by atoms with Gasteiger partial charge in [0.25, 0.3) is 0 Å². The van der Waals surface area contributed by atoms with E-state index in [2.05, 4.69) is 0 Å². The quantitative estimate of drug-likeness (QED) is 0.277. The Morgan fingerprint density at radius 1 is 1.02 bits per heavy atom. The zero-order chi connectivity index (χ0) is 31.5. The van der Waals surface area contributed by atoms with E-state index in [1.165, 1.54) is 26.4 Å². The molecular formula is C36H45N3O6. The summed E-state index contributed by atoms with van der Waals surface area (Å²) in [6.07, 6.45) is 11.8. The highest BCUT2D eigenvalue weighted by atomic mass is 16.6. The Balaban J connectivity index is 1.38. The fourth-order valence-corrected chi connectivity index (χ4v) is 9.24. The van der Waals surface area contributed by atoms with Crippen molar-refractivity contribution in [3.05, 3.63) is 47.6 Å². The Bertz CT molecular complexity index is 1550. The molecule has 0 aliphatic heterocycles. The standard InChI is InChI=1S/C36H45N3O6/c1-35(2,3)45-34(42)39-29(30(40)36-17-21-13-22(18-36)15-23(14-21)19-36)28(38-31(39)24-9-6-5-7-10-24)32-37-27(20-44-32)25-11-8-12-26(16-25)33(41)43-4/h8,11-12,16,20-24,30,40H,5-7,9-10,13-15,17-19H2,1-4H3. The lowest BCUT2D eigenvalue weighted by Gasteiger charge is -2.58. The van der Waals surface area contributed by atoms with Crippen molar-refractivity contribution in [3.8, 4) is 22.8 Å². The van der Waals surface area contributed by atoms with E-state index in [0.717, 1.165) is 51.4 Å². The predicted octanol–water partition coefficient (Wildman–Crippen LogP) is 8.07. The van der Waals surface area contributed by atoms with Gasteiger partial charge < -0.3 is 19.0 Å². The molecule has 0 amide bonds. The zero-order valence-corrected chi connectivity index (χ0v) is 26.9. The van der Waals surface area contributed by atoms with Crippen LogP contribution in [0.25, 0.3) is 22.8 Å². The third kappa shape index (κ3) is 5.62. The molecule has 9 heteroatoms. The van der Waals surface area contributed by atoms with E-state index in [1.54, 1.807) is 29.0 Å². The summed E-state index contributed by atoms with van der Waals surface area (Å²) in [5, 5.41) is 12.6. The minimum Gasteiger partial charge on any atom is -0.465 e. The smallest absolute Gasteiger partial charge is 0.420 e. The fourth-order valence-electron chi connectivity index (χ4n) is 9.24. The number of oxazole rings is 1. The minimum atomic E-state index is -0.920. The number of rotatable bonds is 6. The number of aliphatic hydroxyl groups excluding tert-OH is 1. The average molecular weight is 616 g/mol. The number of ether oxygens (including phenoxy) is 2. The number of hydrogen-bond donors (Lipinski definition) is 1. The molecule has 2 aromatic heterocycles. The second kappa shape index (κ2) is 11.4. The Morgan fingerprint density at radius 2 is 1.69 bits per heavy atom. The van der Waals surface area contributed by atoms with E-state index in [1.807, 2.05) is 26.8 Å². The summed E-state index contributed by atoms with van der Waals surface area (Å²) < 4.78 is 18.6. The van der Waals surface area contributed by atoms with Gasteiger partial charge in [-0.3, -0.25) is 0 Å². The third-order valence-corrected chi connectivity index (χ3v) is 10.7. The first-order valence-corrected chi connectivity index (χ1v) is 16.7. The summed E-state index contributed by atoms with van der Waals surface area (Å²) in [6, 6.07) is 7.03. The van der Waals surface area contributed by atoms with Gasteiger partial charge in [0.1, 0.15) is 29.5 Å². The van der Waals surface area contributed by atoms with Gasteiger partial charge in [0.05, 0.1) is 18.4 Å². The molecule has 0 spiro atoms. The molecular weight excluding hydrogens is 570 g/mol. The molecule has 3 aromatic rings. The molecule has 1 atom stereocenters. The molecule has 9 nitrogen and oxygen atoms in total. The van der Waals surface area contributed by atoms with Gasteiger partial charge in [-0.05, 0) is 102 Å². The number of nitrogens with zero attached hydrogens (tertiary/aromatic N) is 3. The molecule has 0 saturated heterocycles.